The zero-order valence-corrected chi connectivity index (χ0v) is 14.5. The third-order valence-corrected chi connectivity index (χ3v) is 3.97. The summed E-state index contributed by atoms with van der Waals surface area (Å²) < 4.78 is 17.1. The summed E-state index contributed by atoms with van der Waals surface area (Å²) >= 11 is 0. The molecule has 0 aromatic heterocycles. The van der Waals surface area contributed by atoms with Gasteiger partial charge in [-0.15, -0.1) is 0 Å². The number of hydrogen-bond acceptors (Lipinski definition) is 4. The minimum absolute atomic E-state index is 0.0481. The first-order valence-corrected chi connectivity index (χ1v) is 8.08. The fraction of sp³-hybridized carbons (Fsp3) is 0.941. The van der Waals surface area contributed by atoms with Crippen LogP contribution >= 0.6 is 0 Å². The van der Waals surface area contributed by atoms with E-state index < -0.39 is 11.7 Å². The number of ether oxygens (including phenoxy) is 3. The Kier molecular flexibility index (Phi) is 6.67. The second kappa shape index (κ2) is 7.59. The Balaban J connectivity index is 2.65. The van der Waals surface area contributed by atoms with Crippen LogP contribution in [0.2, 0.25) is 0 Å². The molecule has 0 saturated carbocycles. The van der Waals surface area contributed by atoms with Crippen molar-refractivity contribution in [3.8, 4) is 0 Å². The molecule has 0 spiro atoms. The average Bonchev–Trinajstić information content (AvgIpc) is 2.37. The molecule has 0 aliphatic carbocycles. The minimum atomic E-state index is -0.466. The molecule has 0 aromatic rings. The summed E-state index contributed by atoms with van der Waals surface area (Å²) in [5.74, 6) is -0.175. The number of rotatable bonds is 6. The molecule has 1 aliphatic heterocycles. The quantitative estimate of drug-likeness (QED) is 0.551. The molecule has 0 bridgehead atoms. The van der Waals surface area contributed by atoms with E-state index in [2.05, 4.69) is 20.8 Å². The molecule has 0 aromatic carbocycles. The van der Waals surface area contributed by atoms with E-state index in [1.165, 1.54) is 0 Å². The summed E-state index contributed by atoms with van der Waals surface area (Å²) in [6.07, 6.45) is 2.86. The van der Waals surface area contributed by atoms with Gasteiger partial charge in [-0.2, -0.15) is 0 Å². The Morgan fingerprint density at radius 1 is 1.19 bits per heavy atom. The van der Waals surface area contributed by atoms with Crippen molar-refractivity contribution in [3.05, 3.63) is 0 Å². The highest BCUT2D eigenvalue weighted by Gasteiger charge is 2.33. The SMILES string of the molecule is CCC(C)(C)C(=O)OC(CC(C)(C)C)OC1CCOCC1. The second-order valence-corrected chi connectivity index (χ2v) is 7.78. The van der Waals surface area contributed by atoms with Crippen molar-refractivity contribution in [2.45, 2.75) is 79.6 Å². The summed E-state index contributed by atoms with van der Waals surface area (Å²) in [6.45, 7) is 13.7. The first-order chi connectivity index (χ1) is 9.64. The smallest absolute Gasteiger partial charge is 0.313 e. The molecule has 0 amide bonds. The molecule has 4 nitrogen and oxygen atoms in total. The van der Waals surface area contributed by atoms with Crippen LogP contribution in [0.5, 0.6) is 0 Å². The zero-order valence-electron chi connectivity index (χ0n) is 14.5. The van der Waals surface area contributed by atoms with Crippen molar-refractivity contribution < 1.29 is 19.0 Å². The van der Waals surface area contributed by atoms with Gasteiger partial charge in [0, 0.05) is 19.6 Å². The Bertz CT molecular complexity index is 324. The van der Waals surface area contributed by atoms with E-state index in [0.29, 0.717) is 6.42 Å². The van der Waals surface area contributed by atoms with Crippen LogP contribution in [0.1, 0.15) is 67.2 Å². The van der Waals surface area contributed by atoms with Crippen LogP contribution in [-0.2, 0) is 19.0 Å². The lowest BCUT2D eigenvalue weighted by Crippen LogP contribution is -2.37. The highest BCUT2D eigenvalue weighted by molar-refractivity contribution is 5.75. The van der Waals surface area contributed by atoms with Gasteiger partial charge in [0.25, 0.3) is 0 Å². The highest BCUT2D eigenvalue weighted by Crippen LogP contribution is 2.29. The molecule has 124 valence electrons. The Labute approximate surface area is 129 Å². The van der Waals surface area contributed by atoms with E-state index in [1.54, 1.807) is 0 Å². The van der Waals surface area contributed by atoms with Gasteiger partial charge in [-0.3, -0.25) is 4.79 Å². The van der Waals surface area contributed by atoms with Gasteiger partial charge >= 0.3 is 5.97 Å². The lowest BCUT2D eigenvalue weighted by Gasteiger charge is -2.33. The Morgan fingerprint density at radius 3 is 2.24 bits per heavy atom. The standard InChI is InChI=1S/C17H32O4/c1-7-17(5,6)15(18)21-14(12-16(2,3)4)20-13-8-10-19-11-9-13/h13-14H,7-12H2,1-6H3. The van der Waals surface area contributed by atoms with Crippen molar-refractivity contribution in [1.82, 2.24) is 0 Å². The van der Waals surface area contributed by atoms with Crippen LogP contribution in [0.25, 0.3) is 0 Å². The van der Waals surface area contributed by atoms with Crippen LogP contribution in [0.4, 0.5) is 0 Å². The molecular weight excluding hydrogens is 268 g/mol. The predicted molar refractivity (Wildman–Crippen MR) is 83.0 cm³/mol. The molecule has 4 heteroatoms. The predicted octanol–water partition coefficient (Wildman–Crippen LogP) is 3.92. The zero-order chi connectivity index (χ0) is 16.1. The van der Waals surface area contributed by atoms with E-state index in [4.69, 9.17) is 14.2 Å². The number of carbonyl (C=O) groups excluding carboxylic acids is 1. The van der Waals surface area contributed by atoms with E-state index in [-0.39, 0.29) is 17.5 Å². The van der Waals surface area contributed by atoms with Crippen molar-refractivity contribution in [3.63, 3.8) is 0 Å². The number of hydrogen-bond donors (Lipinski definition) is 0. The molecule has 1 unspecified atom stereocenters. The number of carbonyl (C=O) groups is 1. The van der Waals surface area contributed by atoms with Gasteiger partial charge in [0.05, 0.1) is 11.5 Å². The summed E-state index contributed by atoms with van der Waals surface area (Å²) in [5.41, 5.74) is -0.415. The summed E-state index contributed by atoms with van der Waals surface area (Å²) in [4.78, 5) is 12.3. The first-order valence-electron chi connectivity index (χ1n) is 8.08. The summed E-state index contributed by atoms with van der Waals surface area (Å²) in [5, 5.41) is 0. The summed E-state index contributed by atoms with van der Waals surface area (Å²) in [7, 11) is 0. The van der Waals surface area contributed by atoms with Crippen LogP contribution in [-0.4, -0.2) is 31.6 Å². The molecule has 1 rings (SSSR count). The maximum absolute atomic E-state index is 12.3. The van der Waals surface area contributed by atoms with Crippen LogP contribution in [0, 0.1) is 10.8 Å². The van der Waals surface area contributed by atoms with Crippen molar-refractivity contribution in [2.75, 3.05) is 13.2 Å². The van der Waals surface area contributed by atoms with Crippen LogP contribution < -0.4 is 0 Å². The van der Waals surface area contributed by atoms with E-state index in [1.807, 2.05) is 20.8 Å². The minimum Gasteiger partial charge on any atom is -0.435 e. The molecule has 1 atom stereocenters. The fourth-order valence-corrected chi connectivity index (χ4v) is 2.07. The van der Waals surface area contributed by atoms with Gasteiger partial charge in [0.1, 0.15) is 0 Å². The normalized spacial score (nSPS) is 19.3. The average molecular weight is 300 g/mol. The third kappa shape index (κ3) is 6.79. The monoisotopic (exact) mass is 300 g/mol. The maximum atomic E-state index is 12.3. The van der Waals surface area contributed by atoms with Gasteiger partial charge in [-0.05, 0) is 38.5 Å². The maximum Gasteiger partial charge on any atom is 0.313 e. The fourth-order valence-electron chi connectivity index (χ4n) is 2.07. The van der Waals surface area contributed by atoms with E-state index in [9.17, 15) is 4.79 Å². The molecule has 1 aliphatic rings. The molecule has 1 saturated heterocycles. The largest absolute Gasteiger partial charge is 0.435 e. The lowest BCUT2D eigenvalue weighted by atomic mass is 9.90. The van der Waals surface area contributed by atoms with E-state index in [0.717, 1.165) is 32.5 Å². The third-order valence-electron chi connectivity index (χ3n) is 3.97. The number of esters is 1. The van der Waals surface area contributed by atoms with Gasteiger partial charge < -0.3 is 14.2 Å². The second-order valence-electron chi connectivity index (χ2n) is 7.78. The molecule has 21 heavy (non-hydrogen) atoms. The van der Waals surface area contributed by atoms with Gasteiger partial charge in [-0.1, -0.05) is 27.7 Å². The summed E-state index contributed by atoms with van der Waals surface area (Å²) in [6, 6.07) is 0. The Hall–Kier alpha value is -0.610. The van der Waals surface area contributed by atoms with Crippen molar-refractivity contribution in [1.29, 1.82) is 0 Å². The first kappa shape index (κ1) is 18.4. The van der Waals surface area contributed by atoms with Crippen LogP contribution in [0.3, 0.4) is 0 Å². The molecule has 1 heterocycles. The highest BCUT2D eigenvalue weighted by atomic mass is 16.7. The Morgan fingerprint density at radius 2 is 1.76 bits per heavy atom. The molecule has 0 radical (unpaired) electrons. The lowest BCUT2D eigenvalue weighted by molar-refractivity contribution is -0.211. The molecule has 0 N–H and O–H groups in total. The van der Waals surface area contributed by atoms with Gasteiger partial charge in [0.2, 0.25) is 6.29 Å². The topological polar surface area (TPSA) is 44.8 Å². The van der Waals surface area contributed by atoms with Crippen LogP contribution in [0.15, 0.2) is 0 Å². The van der Waals surface area contributed by atoms with Crippen molar-refractivity contribution in [2.24, 2.45) is 10.8 Å². The van der Waals surface area contributed by atoms with Crippen molar-refractivity contribution >= 4 is 5.97 Å². The van der Waals surface area contributed by atoms with Gasteiger partial charge in [-0.25, -0.2) is 0 Å². The van der Waals surface area contributed by atoms with E-state index >= 15 is 0 Å². The molecule has 1 fully saturated rings. The van der Waals surface area contributed by atoms with Gasteiger partial charge in [0.15, 0.2) is 0 Å². The molecular formula is C17H32O4.